The van der Waals surface area contributed by atoms with Gasteiger partial charge in [-0.15, -0.1) is 17.9 Å². The molecule has 0 aromatic carbocycles. The van der Waals surface area contributed by atoms with Gasteiger partial charge in [0, 0.05) is 11.3 Å². The number of aliphatic hydroxyl groups excluding tert-OH is 1. The van der Waals surface area contributed by atoms with E-state index in [0.717, 1.165) is 6.07 Å². The van der Waals surface area contributed by atoms with E-state index in [1.807, 2.05) is 0 Å². The summed E-state index contributed by atoms with van der Waals surface area (Å²) in [5.74, 6) is 0. The maximum absolute atomic E-state index is 12.2. The third-order valence-electron chi connectivity index (χ3n) is 1.82. The van der Waals surface area contributed by atoms with E-state index in [1.165, 1.54) is 6.07 Å². The van der Waals surface area contributed by atoms with Gasteiger partial charge in [0.1, 0.15) is 4.88 Å². The van der Waals surface area contributed by atoms with Crippen LogP contribution in [0.15, 0.2) is 24.8 Å². The van der Waals surface area contributed by atoms with Crippen molar-refractivity contribution in [2.45, 2.75) is 25.1 Å². The Morgan fingerprint density at radius 3 is 2.60 bits per heavy atom. The molecule has 0 radical (unpaired) electrons. The molecule has 1 heterocycles. The van der Waals surface area contributed by atoms with Gasteiger partial charge in [0.15, 0.2) is 0 Å². The number of halogens is 3. The van der Waals surface area contributed by atoms with Crippen LogP contribution in [0.5, 0.6) is 0 Å². The summed E-state index contributed by atoms with van der Waals surface area (Å²) in [5, 5.41) is 9.37. The number of rotatable bonds is 4. The van der Waals surface area contributed by atoms with E-state index in [1.54, 1.807) is 6.08 Å². The number of hydrogen-bond acceptors (Lipinski definition) is 2. The number of alkyl halides is 3. The fourth-order valence-corrected chi connectivity index (χ4v) is 2.09. The van der Waals surface area contributed by atoms with Crippen LogP contribution in [0.4, 0.5) is 13.2 Å². The summed E-state index contributed by atoms with van der Waals surface area (Å²) in [6, 6.07) is 2.44. The van der Waals surface area contributed by atoms with Crippen molar-refractivity contribution in [2.24, 2.45) is 0 Å². The lowest BCUT2D eigenvalue weighted by molar-refractivity contribution is -0.134. The second-order valence-electron chi connectivity index (χ2n) is 3.15. The van der Waals surface area contributed by atoms with Crippen molar-refractivity contribution in [1.29, 1.82) is 0 Å². The monoisotopic (exact) mass is 236 g/mol. The van der Waals surface area contributed by atoms with Gasteiger partial charge in [-0.1, -0.05) is 6.08 Å². The Morgan fingerprint density at radius 1 is 1.47 bits per heavy atom. The van der Waals surface area contributed by atoms with Gasteiger partial charge in [-0.25, -0.2) is 0 Å². The largest absolute Gasteiger partial charge is 0.425 e. The fraction of sp³-hybridized carbons (Fsp3) is 0.400. The summed E-state index contributed by atoms with van der Waals surface area (Å²) >= 11 is 0.675. The van der Waals surface area contributed by atoms with Crippen LogP contribution >= 0.6 is 11.3 Å². The number of hydrogen-bond donors (Lipinski definition) is 1. The summed E-state index contributed by atoms with van der Waals surface area (Å²) in [7, 11) is 0. The highest BCUT2D eigenvalue weighted by Gasteiger charge is 2.32. The lowest BCUT2D eigenvalue weighted by Crippen LogP contribution is -2.07. The molecule has 1 unspecified atom stereocenters. The molecular weight excluding hydrogens is 225 g/mol. The highest BCUT2D eigenvalue weighted by atomic mass is 32.1. The summed E-state index contributed by atoms with van der Waals surface area (Å²) in [6.45, 7) is 3.45. The van der Waals surface area contributed by atoms with E-state index in [-0.39, 0.29) is 6.42 Å². The Hall–Kier alpha value is -0.810. The molecule has 0 aliphatic rings. The van der Waals surface area contributed by atoms with Crippen molar-refractivity contribution in [3.63, 3.8) is 0 Å². The second-order valence-corrected chi connectivity index (χ2v) is 4.31. The molecule has 1 atom stereocenters. The number of aliphatic hydroxyl groups is 1. The summed E-state index contributed by atoms with van der Waals surface area (Å²) < 4.78 is 36.7. The minimum Gasteiger partial charge on any atom is -0.392 e. The van der Waals surface area contributed by atoms with Crippen LogP contribution in [0.2, 0.25) is 0 Å². The SMILES string of the molecule is C=CCC(O)Cc1ccc(C(F)(F)F)s1. The third kappa shape index (κ3) is 3.68. The smallest absolute Gasteiger partial charge is 0.392 e. The molecule has 84 valence electrons. The van der Waals surface area contributed by atoms with Crippen molar-refractivity contribution in [3.8, 4) is 0 Å². The van der Waals surface area contributed by atoms with Crippen molar-refractivity contribution >= 4 is 11.3 Å². The molecule has 1 aromatic heterocycles. The molecule has 0 aliphatic carbocycles. The minimum atomic E-state index is -4.29. The standard InChI is InChI=1S/C10H11F3OS/c1-2-3-7(14)6-8-4-5-9(15-8)10(11,12)13/h2,4-5,7,14H,1,3,6H2. The van der Waals surface area contributed by atoms with Gasteiger partial charge in [0.2, 0.25) is 0 Å². The maximum atomic E-state index is 12.2. The van der Waals surface area contributed by atoms with Crippen molar-refractivity contribution in [1.82, 2.24) is 0 Å². The minimum absolute atomic E-state index is 0.243. The molecule has 0 saturated carbocycles. The molecule has 0 spiro atoms. The molecular formula is C10H11F3OS. The van der Waals surface area contributed by atoms with Crippen LogP contribution in [0.25, 0.3) is 0 Å². The van der Waals surface area contributed by atoms with Gasteiger partial charge in [-0.05, 0) is 18.6 Å². The Kier molecular flexibility index (Phi) is 3.93. The topological polar surface area (TPSA) is 20.2 Å². The van der Waals surface area contributed by atoms with E-state index in [0.29, 0.717) is 22.6 Å². The first-order chi connectivity index (χ1) is 6.93. The van der Waals surface area contributed by atoms with Crippen LogP contribution in [0, 0.1) is 0 Å². The van der Waals surface area contributed by atoms with Gasteiger partial charge < -0.3 is 5.11 Å². The first-order valence-corrected chi connectivity index (χ1v) is 5.20. The molecule has 1 aromatic rings. The third-order valence-corrected chi connectivity index (χ3v) is 2.97. The predicted molar refractivity (Wildman–Crippen MR) is 53.8 cm³/mol. The van der Waals surface area contributed by atoms with Crippen LogP contribution in [0.1, 0.15) is 16.2 Å². The highest BCUT2D eigenvalue weighted by Crippen LogP contribution is 2.34. The molecule has 0 bridgehead atoms. The lowest BCUT2D eigenvalue weighted by Gasteiger charge is -2.05. The summed E-state index contributed by atoms with van der Waals surface area (Å²) in [6.07, 6.45) is -2.76. The molecule has 1 N–H and O–H groups in total. The van der Waals surface area contributed by atoms with E-state index in [9.17, 15) is 18.3 Å². The first-order valence-electron chi connectivity index (χ1n) is 4.38. The van der Waals surface area contributed by atoms with E-state index in [2.05, 4.69) is 6.58 Å². The molecule has 0 aliphatic heterocycles. The Balaban J connectivity index is 2.64. The Bertz CT molecular complexity index is 330. The zero-order valence-corrected chi connectivity index (χ0v) is 8.74. The Morgan fingerprint density at radius 2 is 2.13 bits per heavy atom. The molecule has 1 nitrogen and oxygen atoms in total. The predicted octanol–water partition coefficient (Wildman–Crippen LogP) is 3.25. The van der Waals surface area contributed by atoms with E-state index >= 15 is 0 Å². The lowest BCUT2D eigenvalue weighted by atomic mass is 10.1. The average Bonchev–Trinajstić information content (AvgIpc) is 2.52. The summed E-state index contributed by atoms with van der Waals surface area (Å²) in [5.41, 5.74) is 0. The van der Waals surface area contributed by atoms with Crippen LogP contribution in [-0.2, 0) is 12.6 Å². The van der Waals surface area contributed by atoms with Crippen LogP contribution in [-0.4, -0.2) is 11.2 Å². The van der Waals surface area contributed by atoms with Gasteiger partial charge in [-0.3, -0.25) is 0 Å². The highest BCUT2D eigenvalue weighted by molar-refractivity contribution is 7.12. The second kappa shape index (κ2) is 4.81. The first kappa shape index (κ1) is 12.3. The van der Waals surface area contributed by atoms with E-state index in [4.69, 9.17) is 0 Å². The van der Waals surface area contributed by atoms with E-state index < -0.39 is 17.2 Å². The zero-order valence-electron chi connectivity index (χ0n) is 7.92. The van der Waals surface area contributed by atoms with Crippen LogP contribution in [0.3, 0.4) is 0 Å². The summed E-state index contributed by atoms with van der Waals surface area (Å²) in [4.78, 5) is -0.0834. The van der Waals surface area contributed by atoms with Crippen molar-refractivity contribution < 1.29 is 18.3 Å². The van der Waals surface area contributed by atoms with Crippen molar-refractivity contribution in [2.75, 3.05) is 0 Å². The molecule has 5 heteroatoms. The number of thiophene rings is 1. The molecule has 15 heavy (non-hydrogen) atoms. The normalized spacial score (nSPS) is 13.9. The Labute approximate surface area is 89.9 Å². The molecule has 1 rings (SSSR count). The molecule has 0 amide bonds. The fourth-order valence-electron chi connectivity index (χ4n) is 1.15. The molecule has 0 saturated heterocycles. The molecule has 0 fully saturated rings. The van der Waals surface area contributed by atoms with Gasteiger partial charge in [0.05, 0.1) is 6.10 Å². The van der Waals surface area contributed by atoms with Gasteiger partial charge >= 0.3 is 6.18 Å². The average molecular weight is 236 g/mol. The van der Waals surface area contributed by atoms with Gasteiger partial charge in [0.25, 0.3) is 0 Å². The maximum Gasteiger partial charge on any atom is 0.425 e. The van der Waals surface area contributed by atoms with Gasteiger partial charge in [-0.2, -0.15) is 13.2 Å². The van der Waals surface area contributed by atoms with Crippen molar-refractivity contribution in [3.05, 3.63) is 34.5 Å². The zero-order chi connectivity index (χ0) is 11.5. The van der Waals surface area contributed by atoms with Crippen LogP contribution < -0.4 is 0 Å². The quantitative estimate of drug-likeness (QED) is 0.796.